The molecule has 1 aromatic carbocycles. The molecule has 1 aromatic rings. The van der Waals surface area contributed by atoms with Gasteiger partial charge in [0, 0.05) is 31.3 Å². The molecule has 0 aromatic heterocycles. The Labute approximate surface area is 175 Å². The number of nitrogens with one attached hydrogen (secondary N) is 1. The quantitative estimate of drug-likeness (QED) is 0.609. The van der Waals surface area contributed by atoms with Gasteiger partial charge in [-0.05, 0) is 39.3 Å². The molecule has 1 N–H and O–H groups in total. The maximum Gasteiger partial charge on any atom is 0.331 e. The molecule has 30 heavy (non-hydrogen) atoms. The van der Waals surface area contributed by atoms with Crippen molar-refractivity contribution in [2.24, 2.45) is 0 Å². The largest absolute Gasteiger partial charge is 0.457 e. The molecule has 2 aliphatic rings. The van der Waals surface area contributed by atoms with Crippen LogP contribution in [0.3, 0.4) is 0 Å². The lowest BCUT2D eigenvalue weighted by atomic mass is 9.90. The van der Waals surface area contributed by atoms with Crippen LogP contribution in [0.5, 0.6) is 0 Å². The summed E-state index contributed by atoms with van der Waals surface area (Å²) in [5.41, 5.74) is -0.148. The Morgan fingerprint density at radius 3 is 2.60 bits per heavy atom. The maximum absolute atomic E-state index is 13.3. The number of amides is 4. The van der Waals surface area contributed by atoms with Crippen molar-refractivity contribution in [3.05, 3.63) is 47.7 Å². The molecule has 0 saturated heterocycles. The van der Waals surface area contributed by atoms with Crippen LogP contribution in [0.15, 0.2) is 36.6 Å². The summed E-state index contributed by atoms with van der Waals surface area (Å²) < 4.78 is 5.29. The number of para-hydroxylation sites is 1. The molecule has 0 aliphatic carbocycles. The summed E-state index contributed by atoms with van der Waals surface area (Å²) in [5.74, 6) is -1.26. The van der Waals surface area contributed by atoms with Crippen LogP contribution in [-0.2, 0) is 24.7 Å². The highest BCUT2D eigenvalue weighted by Gasteiger charge is 2.52. The molecule has 0 saturated carbocycles. The third kappa shape index (κ3) is 3.72. The number of hydrogen-bond donors (Lipinski definition) is 1. The summed E-state index contributed by atoms with van der Waals surface area (Å²) in [6.45, 7) is 6.97. The standard InChI is InChI=1S/C22H25N3O5/c1-21(2,3)30-17(27)12-11-14-8-6-9-15-18(14)24(5)19(28)22(15,4)25-13-7-10-16(26)23-20(25)29/h6-9,11-13H,10H2,1-5H3,(H,23,26,29)/b12-11+. The average Bonchev–Trinajstić information content (AvgIpc) is 2.76. The zero-order valence-electron chi connectivity index (χ0n) is 17.7. The minimum absolute atomic E-state index is 0.0495. The highest BCUT2D eigenvalue weighted by molar-refractivity contribution is 6.11. The highest BCUT2D eigenvalue weighted by atomic mass is 16.6. The summed E-state index contributed by atoms with van der Waals surface area (Å²) in [4.78, 5) is 52.3. The maximum atomic E-state index is 13.3. The van der Waals surface area contributed by atoms with Crippen LogP contribution in [0, 0.1) is 0 Å². The van der Waals surface area contributed by atoms with Crippen molar-refractivity contribution in [2.45, 2.75) is 45.3 Å². The van der Waals surface area contributed by atoms with Gasteiger partial charge in [-0.3, -0.25) is 19.8 Å². The first kappa shape index (κ1) is 21.3. The number of carbonyl (C=O) groups is 4. The lowest BCUT2D eigenvalue weighted by Crippen LogP contribution is -2.53. The molecule has 0 bridgehead atoms. The topological polar surface area (TPSA) is 96.0 Å². The van der Waals surface area contributed by atoms with Crippen LogP contribution in [0.2, 0.25) is 0 Å². The molecule has 8 heteroatoms. The molecule has 158 valence electrons. The number of nitrogens with zero attached hydrogens (tertiary/aromatic N) is 2. The van der Waals surface area contributed by atoms with Crippen molar-refractivity contribution in [2.75, 3.05) is 11.9 Å². The van der Waals surface area contributed by atoms with Crippen LogP contribution >= 0.6 is 0 Å². The van der Waals surface area contributed by atoms with Gasteiger partial charge in [-0.25, -0.2) is 9.59 Å². The van der Waals surface area contributed by atoms with E-state index < -0.39 is 29.0 Å². The molecular formula is C22H25N3O5. The number of imide groups is 1. The average molecular weight is 411 g/mol. The van der Waals surface area contributed by atoms with Crippen LogP contribution in [0.25, 0.3) is 6.08 Å². The van der Waals surface area contributed by atoms with Crippen molar-refractivity contribution in [3.63, 3.8) is 0 Å². The van der Waals surface area contributed by atoms with Gasteiger partial charge in [-0.15, -0.1) is 0 Å². The van der Waals surface area contributed by atoms with Gasteiger partial charge in [0.15, 0.2) is 5.54 Å². The fourth-order valence-electron chi connectivity index (χ4n) is 3.65. The zero-order valence-corrected chi connectivity index (χ0v) is 17.7. The van der Waals surface area contributed by atoms with Crippen LogP contribution in [-0.4, -0.2) is 41.4 Å². The third-order valence-electron chi connectivity index (χ3n) is 4.96. The van der Waals surface area contributed by atoms with Gasteiger partial charge >= 0.3 is 12.0 Å². The van der Waals surface area contributed by atoms with Gasteiger partial charge in [0.05, 0.1) is 5.69 Å². The second kappa shape index (κ2) is 7.44. The van der Waals surface area contributed by atoms with Crippen molar-refractivity contribution < 1.29 is 23.9 Å². The molecule has 0 fully saturated rings. The van der Waals surface area contributed by atoms with Crippen molar-refractivity contribution in [3.8, 4) is 0 Å². The van der Waals surface area contributed by atoms with Crippen molar-refractivity contribution in [1.29, 1.82) is 0 Å². The van der Waals surface area contributed by atoms with E-state index in [9.17, 15) is 19.2 Å². The molecule has 1 atom stereocenters. The molecule has 8 nitrogen and oxygen atoms in total. The Hall–Kier alpha value is -3.42. The monoisotopic (exact) mass is 411 g/mol. The first-order valence-corrected chi connectivity index (χ1v) is 9.57. The predicted octanol–water partition coefficient (Wildman–Crippen LogP) is 2.69. The Kier molecular flexibility index (Phi) is 5.28. The molecular weight excluding hydrogens is 386 g/mol. The molecule has 1 unspecified atom stereocenters. The van der Waals surface area contributed by atoms with Crippen LogP contribution in [0.4, 0.5) is 10.5 Å². The van der Waals surface area contributed by atoms with E-state index in [4.69, 9.17) is 4.74 Å². The number of rotatable bonds is 3. The zero-order chi connectivity index (χ0) is 22.3. The van der Waals surface area contributed by atoms with Crippen LogP contribution < -0.4 is 10.2 Å². The van der Waals surface area contributed by atoms with Gasteiger partial charge < -0.3 is 9.64 Å². The normalized spacial score (nSPS) is 21.7. The number of hydrogen-bond acceptors (Lipinski definition) is 5. The van der Waals surface area contributed by atoms with E-state index in [2.05, 4.69) is 5.32 Å². The summed E-state index contributed by atoms with van der Waals surface area (Å²) in [5, 5.41) is 2.28. The van der Waals surface area contributed by atoms with E-state index in [1.807, 2.05) is 0 Å². The lowest BCUT2D eigenvalue weighted by Gasteiger charge is -2.33. The Balaban J connectivity index is 2.03. The summed E-state index contributed by atoms with van der Waals surface area (Å²) in [6.07, 6.45) is 5.96. The van der Waals surface area contributed by atoms with Crippen molar-refractivity contribution >= 4 is 35.6 Å². The summed E-state index contributed by atoms with van der Waals surface area (Å²) in [6, 6.07) is 4.62. The number of likely N-dealkylation sites (N-methyl/N-ethyl adjacent to an activating group) is 1. The summed E-state index contributed by atoms with van der Waals surface area (Å²) >= 11 is 0. The lowest BCUT2D eigenvalue weighted by molar-refractivity contribution is -0.148. The Morgan fingerprint density at radius 1 is 1.23 bits per heavy atom. The number of urea groups is 1. The smallest absolute Gasteiger partial charge is 0.331 e. The number of anilines is 1. The second-order valence-corrected chi connectivity index (χ2v) is 8.36. The van der Waals surface area contributed by atoms with Gasteiger partial charge in [0.25, 0.3) is 5.91 Å². The first-order chi connectivity index (χ1) is 13.9. The molecule has 4 amide bonds. The van der Waals surface area contributed by atoms with Gasteiger partial charge in [-0.1, -0.05) is 24.3 Å². The van der Waals surface area contributed by atoms with E-state index in [1.165, 1.54) is 22.1 Å². The SMILES string of the molecule is CN1C(=O)C(C)(N2C=CCC(=O)NC2=O)c2cccc(/C=C/C(=O)OC(C)(C)C)c21. The second-order valence-electron chi connectivity index (χ2n) is 8.36. The molecule has 2 heterocycles. The van der Waals surface area contributed by atoms with E-state index in [0.717, 1.165) is 0 Å². The molecule has 0 radical (unpaired) electrons. The number of benzene rings is 1. The van der Waals surface area contributed by atoms with E-state index in [0.29, 0.717) is 16.8 Å². The Morgan fingerprint density at radius 2 is 1.93 bits per heavy atom. The molecule has 3 rings (SSSR count). The number of esters is 1. The highest BCUT2D eigenvalue weighted by Crippen LogP contribution is 2.45. The predicted molar refractivity (Wildman–Crippen MR) is 111 cm³/mol. The van der Waals surface area contributed by atoms with E-state index in [-0.39, 0.29) is 12.3 Å². The fraction of sp³-hybridized carbons (Fsp3) is 0.364. The third-order valence-corrected chi connectivity index (χ3v) is 4.96. The minimum atomic E-state index is -1.34. The van der Waals surface area contributed by atoms with Crippen molar-refractivity contribution in [1.82, 2.24) is 10.2 Å². The minimum Gasteiger partial charge on any atom is -0.457 e. The first-order valence-electron chi connectivity index (χ1n) is 9.57. The number of carbonyl (C=O) groups excluding carboxylic acids is 4. The van der Waals surface area contributed by atoms with E-state index >= 15 is 0 Å². The number of ether oxygens (including phenoxy) is 1. The van der Waals surface area contributed by atoms with Gasteiger partial charge in [0.2, 0.25) is 5.91 Å². The van der Waals surface area contributed by atoms with Crippen LogP contribution in [0.1, 0.15) is 45.2 Å². The number of fused-ring (bicyclic) bond motifs is 1. The molecule has 2 aliphatic heterocycles. The summed E-state index contributed by atoms with van der Waals surface area (Å²) in [7, 11) is 1.61. The molecule has 0 spiro atoms. The van der Waals surface area contributed by atoms with Gasteiger partial charge in [-0.2, -0.15) is 0 Å². The van der Waals surface area contributed by atoms with E-state index in [1.54, 1.807) is 65.1 Å². The fourth-order valence-corrected chi connectivity index (χ4v) is 3.65. The Bertz CT molecular complexity index is 989. The van der Waals surface area contributed by atoms with Gasteiger partial charge in [0.1, 0.15) is 5.60 Å².